The van der Waals surface area contributed by atoms with E-state index in [0.717, 1.165) is 23.4 Å². The molecule has 0 bridgehead atoms. The first-order valence-electron chi connectivity index (χ1n) is 6.30. The number of nitro benzene ring substituents is 1. The van der Waals surface area contributed by atoms with Crippen LogP contribution in [0.4, 0.5) is 5.69 Å². The van der Waals surface area contributed by atoms with Gasteiger partial charge in [0.25, 0.3) is 11.6 Å². The molecule has 6 nitrogen and oxygen atoms in total. The number of carbonyl (C=O) groups excluding carboxylic acids is 1. The lowest BCUT2D eigenvalue weighted by Gasteiger charge is -2.04. The lowest BCUT2D eigenvalue weighted by atomic mass is 10.1. The SMILES string of the molecule is CCc1c(C)nn(C(=O)c2ccccc2[N+](=O)[O-])c1C. The van der Waals surface area contributed by atoms with Crippen LogP contribution in [0.25, 0.3) is 0 Å². The first-order valence-corrected chi connectivity index (χ1v) is 6.30. The predicted octanol–water partition coefficient (Wildman–Crippen LogP) is 2.66. The van der Waals surface area contributed by atoms with Gasteiger partial charge < -0.3 is 0 Å². The van der Waals surface area contributed by atoms with Gasteiger partial charge in [-0.25, -0.2) is 4.68 Å². The Hall–Kier alpha value is -2.50. The third kappa shape index (κ3) is 2.20. The lowest BCUT2D eigenvalue weighted by Crippen LogP contribution is -2.17. The van der Waals surface area contributed by atoms with Gasteiger partial charge in [0.05, 0.1) is 10.6 Å². The van der Waals surface area contributed by atoms with E-state index in [1.54, 1.807) is 13.0 Å². The number of para-hydroxylation sites is 1. The van der Waals surface area contributed by atoms with Crippen molar-refractivity contribution in [3.05, 3.63) is 56.9 Å². The minimum Gasteiger partial charge on any atom is -0.266 e. The average molecular weight is 273 g/mol. The normalized spacial score (nSPS) is 10.6. The summed E-state index contributed by atoms with van der Waals surface area (Å²) in [6.07, 6.45) is 0.766. The summed E-state index contributed by atoms with van der Waals surface area (Å²) in [4.78, 5) is 22.9. The number of benzene rings is 1. The van der Waals surface area contributed by atoms with Gasteiger partial charge in [0.2, 0.25) is 0 Å². The van der Waals surface area contributed by atoms with Crippen molar-refractivity contribution in [3.8, 4) is 0 Å². The molecule has 0 fully saturated rings. The standard InChI is InChI=1S/C14H15N3O3/c1-4-11-9(2)15-16(10(11)3)14(18)12-7-5-6-8-13(12)17(19)20/h5-8H,4H2,1-3H3. The van der Waals surface area contributed by atoms with Crippen molar-refractivity contribution in [1.29, 1.82) is 0 Å². The predicted molar refractivity (Wildman–Crippen MR) is 73.9 cm³/mol. The van der Waals surface area contributed by atoms with Crippen molar-refractivity contribution >= 4 is 11.6 Å². The van der Waals surface area contributed by atoms with Crippen LogP contribution in [-0.4, -0.2) is 20.6 Å². The third-order valence-electron chi connectivity index (χ3n) is 3.32. The number of hydrogen-bond donors (Lipinski definition) is 0. The molecular weight excluding hydrogens is 258 g/mol. The highest BCUT2D eigenvalue weighted by Crippen LogP contribution is 2.21. The summed E-state index contributed by atoms with van der Waals surface area (Å²) >= 11 is 0. The first kappa shape index (κ1) is 13.9. The Morgan fingerprint density at radius 2 is 2.00 bits per heavy atom. The number of nitrogens with zero attached hydrogens (tertiary/aromatic N) is 3. The van der Waals surface area contributed by atoms with Gasteiger partial charge in [-0.05, 0) is 31.9 Å². The van der Waals surface area contributed by atoms with Gasteiger partial charge in [0.1, 0.15) is 5.56 Å². The summed E-state index contributed by atoms with van der Waals surface area (Å²) < 4.78 is 1.25. The van der Waals surface area contributed by atoms with E-state index in [0.29, 0.717) is 0 Å². The topological polar surface area (TPSA) is 78.0 Å². The molecule has 0 atom stereocenters. The minimum atomic E-state index is -0.556. The molecule has 0 radical (unpaired) electrons. The average Bonchev–Trinajstić information content (AvgIpc) is 2.72. The second-order valence-corrected chi connectivity index (χ2v) is 4.49. The molecule has 0 unspecified atom stereocenters. The summed E-state index contributed by atoms with van der Waals surface area (Å²) in [6.45, 7) is 5.61. The highest BCUT2D eigenvalue weighted by atomic mass is 16.6. The van der Waals surface area contributed by atoms with Crippen molar-refractivity contribution in [1.82, 2.24) is 9.78 Å². The van der Waals surface area contributed by atoms with Gasteiger partial charge in [-0.3, -0.25) is 14.9 Å². The zero-order valence-corrected chi connectivity index (χ0v) is 11.6. The van der Waals surface area contributed by atoms with Crippen molar-refractivity contribution in [2.45, 2.75) is 27.2 Å². The Bertz CT molecular complexity index is 689. The number of aryl methyl sites for hydroxylation is 1. The zero-order valence-electron chi connectivity index (χ0n) is 11.6. The molecule has 2 rings (SSSR count). The van der Waals surface area contributed by atoms with Gasteiger partial charge in [-0.2, -0.15) is 5.10 Å². The van der Waals surface area contributed by atoms with E-state index < -0.39 is 10.8 Å². The zero-order chi connectivity index (χ0) is 14.9. The van der Waals surface area contributed by atoms with Crippen LogP contribution < -0.4 is 0 Å². The highest BCUT2D eigenvalue weighted by Gasteiger charge is 2.23. The molecule has 6 heteroatoms. The quantitative estimate of drug-likeness (QED) is 0.636. The molecule has 0 aliphatic rings. The van der Waals surface area contributed by atoms with Gasteiger partial charge in [0.15, 0.2) is 0 Å². The van der Waals surface area contributed by atoms with E-state index in [2.05, 4.69) is 5.10 Å². The van der Waals surface area contributed by atoms with Crippen molar-refractivity contribution in [2.24, 2.45) is 0 Å². The molecule has 0 aliphatic heterocycles. The largest absolute Gasteiger partial charge is 0.285 e. The summed E-state index contributed by atoms with van der Waals surface area (Å²) in [5, 5.41) is 15.2. The fourth-order valence-corrected chi connectivity index (χ4v) is 2.31. The van der Waals surface area contributed by atoms with Crippen LogP contribution in [0, 0.1) is 24.0 Å². The minimum absolute atomic E-state index is 0.0470. The summed E-state index contributed by atoms with van der Waals surface area (Å²) in [7, 11) is 0. The fraction of sp³-hybridized carbons (Fsp3) is 0.286. The number of carbonyl (C=O) groups is 1. The second kappa shape index (κ2) is 5.24. The van der Waals surface area contributed by atoms with Crippen molar-refractivity contribution in [2.75, 3.05) is 0 Å². The van der Waals surface area contributed by atoms with E-state index in [9.17, 15) is 14.9 Å². The maximum absolute atomic E-state index is 12.5. The Kier molecular flexibility index (Phi) is 3.65. The summed E-state index contributed by atoms with van der Waals surface area (Å²) in [5.74, 6) is -0.474. The Labute approximate surface area is 116 Å². The molecular formula is C14H15N3O3. The molecule has 0 saturated carbocycles. The Balaban J connectivity index is 2.55. The summed E-state index contributed by atoms with van der Waals surface area (Å²) in [5.41, 5.74) is 2.34. The highest BCUT2D eigenvalue weighted by molar-refractivity contribution is 5.99. The molecule has 2 aromatic rings. The second-order valence-electron chi connectivity index (χ2n) is 4.49. The van der Waals surface area contributed by atoms with E-state index in [1.165, 1.54) is 22.9 Å². The fourth-order valence-electron chi connectivity index (χ4n) is 2.31. The van der Waals surface area contributed by atoms with E-state index >= 15 is 0 Å². The maximum atomic E-state index is 12.5. The molecule has 1 heterocycles. The van der Waals surface area contributed by atoms with Crippen LogP contribution in [0.1, 0.15) is 34.2 Å². The molecule has 0 aliphatic carbocycles. The van der Waals surface area contributed by atoms with Crippen molar-refractivity contribution in [3.63, 3.8) is 0 Å². The molecule has 20 heavy (non-hydrogen) atoms. The van der Waals surface area contributed by atoms with E-state index in [4.69, 9.17) is 0 Å². The van der Waals surface area contributed by atoms with Crippen LogP contribution in [0.15, 0.2) is 24.3 Å². The number of nitro groups is 1. The number of rotatable bonds is 3. The molecule has 1 aromatic heterocycles. The van der Waals surface area contributed by atoms with Crippen molar-refractivity contribution < 1.29 is 9.72 Å². The third-order valence-corrected chi connectivity index (χ3v) is 3.32. The van der Waals surface area contributed by atoms with Crippen LogP contribution in [-0.2, 0) is 6.42 Å². The molecule has 0 saturated heterocycles. The van der Waals surface area contributed by atoms with Crippen LogP contribution in [0.3, 0.4) is 0 Å². The van der Waals surface area contributed by atoms with Crippen LogP contribution in [0.5, 0.6) is 0 Å². The van der Waals surface area contributed by atoms with E-state index in [1.807, 2.05) is 13.8 Å². The molecule has 1 aromatic carbocycles. The number of aromatic nitrogens is 2. The van der Waals surface area contributed by atoms with Gasteiger partial charge in [-0.1, -0.05) is 19.1 Å². The summed E-state index contributed by atoms with van der Waals surface area (Å²) in [6, 6.07) is 5.91. The molecule has 0 spiro atoms. The molecule has 0 N–H and O–H groups in total. The lowest BCUT2D eigenvalue weighted by molar-refractivity contribution is -0.385. The monoisotopic (exact) mass is 273 g/mol. The molecule has 0 amide bonds. The van der Waals surface area contributed by atoms with Gasteiger partial charge in [0, 0.05) is 11.8 Å². The maximum Gasteiger partial charge on any atom is 0.285 e. The Morgan fingerprint density at radius 1 is 1.35 bits per heavy atom. The Morgan fingerprint density at radius 3 is 2.55 bits per heavy atom. The first-order chi connectivity index (χ1) is 9.47. The van der Waals surface area contributed by atoms with Gasteiger partial charge in [-0.15, -0.1) is 0 Å². The van der Waals surface area contributed by atoms with Crippen LogP contribution >= 0.6 is 0 Å². The molecule has 104 valence electrons. The van der Waals surface area contributed by atoms with Gasteiger partial charge >= 0.3 is 0 Å². The number of hydrogen-bond acceptors (Lipinski definition) is 4. The van der Waals surface area contributed by atoms with E-state index in [-0.39, 0.29) is 11.3 Å². The smallest absolute Gasteiger partial charge is 0.266 e. The van der Waals surface area contributed by atoms with Crippen LogP contribution in [0.2, 0.25) is 0 Å².